The second-order valence-corrected chi connectivity index (χ2v) is 8.91. The molecule has 0 fully saturated rings. The maximum Gasteiger partial charge on any atom is 0.263 e. The molecule has 1 aliphatic rings. The lowest BCUT2D eigenvalue weighted by atomic mass is 10.1. The number of imidazole rings is 1. The molecule has 1 aromatic heterocycles. The lowest BCUT2D eigenvalue weighted by Gasteiger charge is -2.19. The molecule has 3 aromatic rings. The molecule has 2 aromatic carbocycles. The number of fused-ring (bicyclic) bond motifs is 1. The van der Waals surface area contributed by atoms with Crippen molar-refractivity contribution in [2.24, 2.45) is 12.0 Å². The summed E-state index contributed by atoms with van der Waals surface area (Å²) in [7, 11) is -0.162. The van der Waals surface area contributed by atoms with E-state index < -0.39 is 16.1 Å². The number of sulfonamides is 1. The fourth-order valence-corrected chi connectivity index (χ4v) is 4.78. The van der Waals surface area contributed by atoms with Gasteiger partial charge in [-0.2, -0.15) is 0 Å². The van der Waals surface area contributed by atoms with Crippen LogP contribution in [0.1, 0.15) is 29.4 Å². The number of aromatic nitrogens is 2. The molecule has 9 nitrogen and oxygen atoms in total. The van der Waals surface area contributed by atoms with Crippen LogP contribution in [0.5, 0.6) is 5.75 Å². The summed E-state index contributed by atoms with van der Waals surface area (Å²) in [6.07, 6.45) is 3.56. The van der Waals surface area contributed by atoms with Crippen molar-refractivity contribution in [1.82, 2.24) is 19.6 Å². The van der Waals surface area contributed by atoms with E-state index in [1.54, 1.807) is 31.5 Å². The Morgan fingerprint density at radius 1 is 1.25 bits per heavy atom. The molecule has 1 unspecified atom stereocenters. The number of nitrogens with zero attached hydrogens (tertiary/aromatic N) is 3. The molecule has 1 atom stereocenters. The Morgan fingerprint density at radius 3 is 2.81 bits per heavy atom. The van der Waals surface area contributed by atoms with E-state index in [0.29, 0.717) is 17.1 Å². The van der Waals surface area contributed by atoms with Gasteiger partial charge < -0.3 is 14.6 Å². The number of hydrogen-bond donors (Lipinski definition) is 2. The lowest BCUT2D eigenvalue weighted by Crippen LogP contribution is -2.31. The van der Waals surface area contributed by atoms with Gasteiger partial charge in [-0.1, -0.05) is 24.3 Å². The molecule has 1 amide bonds. The van der Waals surface area contributed by atoms with E-state index in [9.17, 15) is 13.2 Å². The highest BCUT2D eigenvalue weighted by Crippen LogP contribution is 2.25. The van der Waals surface area contributed by atoms with Crippen LogP contribution >= 0.6 is 0 Å². The average molecular weight is 454 g/mol. The van der Waals surface area contributed by atoms with E-state index in [4.69, 9.17) is 4.74 Å². The van der Waals surface area contributed by atoms with Crippen LogP contribution < -0.4 is 14.8 Å². The van der Waals surface area contributed by atoms with Crippen LogP contribution in [0.4, 0.5) is 0 Å². The molecule has 0 bridgehead atoms. The third kappa shape index (κ3) is 4.35. The predicted octanol–water partition coefficient (Wildman–Crippen LogP) is 1.76. The Bertz CT molecular complexity index is 1280. The number of benzene rings is 2. The van der Waals surface area contributed by atoms with Gasteiger partial charge in [0, 0.05) is 31.4 Å². The minimum atomic E-state index is -3.61. The topological polar surface area (TPSA) is 115 Å². The highest BCUT2D eigenvalue weighted by atomic mass is 32.2. The van der Waals surface area contributed by atoms with Crippen LogP contribution in [0, 0.1) is 0 Å². The molecule has 0 radical (unpaired) electrons. The first-order chi connectivity index (χ1) is 15.4. The van der Waals surface area contributed by atoms with E-state index in [2.05, 4.69) is 20.0 Å². The Morgan fingerprint density at radius 2 is 2.06 bits per heavy atom. The van der Waals surface area contributed by atoms with Gasteiger partial charge in [0.15, 0.2) is 0 Å². The van der Waals surface area contributed by atoms with E-state index in [-0.39, 0.29) is 29.6 Å². The van der Waals surface area contributed by atoms with Crippen molar-refractivity contribution in [1.29, 1.82) is 0 Å². The van der Waals surface area contributed by atoms with Gasteiger partial charge in [0.1, 0.15) is 23.5 Å². The summed E-state index contributed by atoms with van der Waals surface area (Å²) in [6, 6.07) is 13.6. The van der Waals surface area contributed by atoms with Gasteiger partial charge in [-0.05, 0) is 29.8 Å². The predicted molar refractivity (Wildman–Crippen MR) is 119 cm³/mol. The largest absolute Gasteiger partial charge is 0.497 e. The zero-order chi connectivity index (χ0) is 22.7. The maximum atomic E-state index is 12.7. The van der Waals surface area contributed by atoms with E-state index in [0.717, 1.165) is 5.56 Å². The number of aryl methyl sites for hydroxylation is 1. The zero-order valence-electron chi connectivity index (χ0n) is 17.6. The van der Waals surface area contributed by atoms with Gasteiger partial charge in [0.25, 0.3) is 10.0 Å². The van der Waals surface area contributed by atoms with Crippen LogP contribution in [0.2, 0.25) is 0 Å². The van der Waals surface area contributed by atoms with Crippen molar-refractivity contribution in [3.8, 4) is 5.75 Å². The van der Waals surface area contributed by atoms with Crippen molar-refractivity contribution >= 4 is 21.8 Å². The molecule has 166 valence electrons. The van der Waals surface area contributed by atoms with E-state index >= 15 is 0 Å². The minimum Gasteiger partial charge on any atom is -0.497 e. The molecule has 10 heteroatoms. The average Bonchev–Trinajstić information content (AvgIpc) is 3.32. The summed E-state index contributed by atoms with van der Waals surface area (Å²) in [5, 5.41) is 3.00. The zero-order valence-corrected chi connectivity index (χ0v) is 18.5. The normalized spacial score (nSPS) is 16.2. The van der Waals surface area contributed by atoms with Gasteiger partial charge in [0.2, 0.25) is 5.91 Å². The summed E-state index contributed by atoms with van der Waals surface area (Å²) in [5.41, 5.74) is 1.34. The monoisotopic (exact) mass is 453 g/mol. The number of amides is 1. The Balaban J connectivity index is 1.49. The Kier molecular flexibility index (Phi) is 5.95. The Hall–Kier alpha value is -3.66. The molecule has 0 saturated carbocycles. The fourth-order valence-electron chi connectivity index (χ4n) is 3.53. The maximum absolute atomic E-state index is 12.7. The third-order valence-electron chi connectivity index (χ3n) is 5.12. The first-order valence-corrected chi connectivity index (χ1v) is 11.4. The number of aliphatic imine (C=N–C) groups is 1. The number of ether oxygens (including phenoxy) is 1. The van der Waals surface area contributed by atoms with Crippen LogP contribution in [0.15, 0.2) is 70.8 Å². The minimum absolute atomic E-state index is 0.0816. The second kappa shape index (κ2) is 8.83. The third-order valence-corrected chi connectivity index (χ3v) is 6.52. The van der Waals surface area contributed by atoms with Crippen molar-refractivity contribution < 1.29 is 17.9 Å². The summed E-state index contributed by atoms with van der Waals surface area (Å²) >= 11 is 0. The summed E-state index contributed by atoms with van der Waals surface area (Å²) in [4.78, 5) is 21.6. The number of methoxy groups -OCH3 is 1. The molecular formula is C22H23N5O4S. The number of carbonyl (C=O) groups excluding carboxylic acids is 1. The van der Waals surface area contributed by atoms with Crippen LogP contribution in [0.3, 0.4) is 0 Å². The molecule has 1 aliphatic heterocycles. The van der Waals surface area contributed by atoms with E-state index in [1.807, 2.05) is 42.1 Å². The van der Waals surface area contributed by atoms with Gasteiger partial charge >= 0.3 is 0 Å². The SMILES string of the molecule is COc1cccc(C(NC(=O)CCN=C2NS(=O)(=O)c3ccccc32)c2nccn2C)c1. The highest BCUT2D eigenvalue weighted by Gasteiger charge is 2.30. The number of amidine groups is 1. The van der Waals surface area contributed by atoms with Gasteiger partial charge in [-0.15, -0.1) is 0 Å². The molecule has 2 N–H and O–H groups in total. The van der Waals surface area contributed by atoms with Crippen LogP contribution in [0.25, 0.3) is 0 Å². The quantitative estimate of drug-likeness (QED) is 0.566. The molecule has 0 spiro atoms. The molecular weight excluding hydrogens is 430 g/mol. The highest BCUT2D eigenvalue weighted by molar-refractivity contribution is 7.90. The first kappa shape index (κ1) is 21.6. The van der Waals surface area contributed by atoms with Gasteiger partial charge in [-0.25, -0.2) is 13.4 Å². The molecule has 2 heterocycles. The number of carbonyl (C=O) groups is 1. The molecule has 0 saturated heterocycles. The number of hydrogen-bond acceptors (Lipinski definition) is 6. The van der Waals surface area contributed by atoms with Crippen LogP contribution in [-0.2, 0) is 21.9 Å². The molecule has 0 aliphatic carbocycles. The van der Waals surface area contributed by atoms with Crippen molar-refractivity contribution in [3.05, 3.63) is 77.9 Å². The van der Waals surface area contributed by atoms with Gasteiger partial charge in [-0.3, -0.25) is 14.5 Å². The summed E-state index contributed by atoms with van der Waals surface area (Å²) < 4.78 is 34.0. The number of nitrogens with one attached hydrogen (secondary N) is 2. The van der Waals surface area contributed by atoms with Crippen LogP contribution in [-0.4, -0.2) is 43.4 Å². The standard InChI is InChI=1S/C22H23N5O4S/c1-27-13-12-24-22(27)20(15-6-5-7-16(14-15)31-2)25-19(28)10-11-23-21-17-8-3-4-9-18(17)32(29,30)26-21/h3-9,12-14,20H,10-11H2,1-2H3,(H,23,26)(H,25,28). The van der Waals surface area contributed by atoms with E-state index in [1.165, 1.54) is 6.07 Å². The number of rotatable bonds is 7. The summed E-state index contributed by atoms with van der Waals surface area (Å²) in [6.45, 7) is 0.128. The van der Waals surface area contributed by atoms with Gasteiger partial charge in [0.05, 0.1) is 18.6 Å². The fraction of sp³-hybridized carbons (Fsp3) is 0.227. The van der Waals surface area contributed by atoms with Crippen molar-refractivity contribution in [2.45, 2.75) is 17.4 Å². The second-order valence-electron chi connectivity index (χ2n) is 7.26. The van der Waals surface area contributed by atoms with Crippen molar-refractivity contribution in [3.63, 3.8) is 0 Å². The smallest absolute Gasteiger partial charge is 0.263 e. The molecule has 32 heavy (non-hydrogen) atoms. The first-order valence-electron chi connectivity index (χ1n) is 9.96. The summed E-state index contributed by atoms with van der Waals surface area (Å²) in [5.74, 6) is 1.37. The molecule has 4 rings (SSSR count). The van der Waals surface area contributed by atoms with Crippen molar-refractivity contribution in [2.75, 3.05) is 13.7 Å². The lowest BCUT2D eigenvalue weighted by molar-refractivity contribution is -0.121. The Labute approximate surface area is 186 Å².